The molecule has 2 aromatic heterocycles. The molecule has 2 aromatic carbocycles. The fourth-order valence-electron chi connectivity index (χ4n) is 6.97. The summed E-state index contributed by atoms with van der Waals surface area (Å²) in [5.41, 5.74) is -1.29. The number of amides is 3. The molecule has 5 rings (SSSR count). The van der Waals surface area contributed by atoms with E-state index < -0.39 is 52.9 Å². The average molecular weight is 786 g/mol. The number of rotatable bonds is 15. The van der Waals surface area contributed by atoms with E-state index in [9.17, 15) is 31.9 Å². The fraction of sp³-hybridized carbons (Fsp3) is 0.450. The molecule has 2 unspecified atom stereocenters. The van der Waals surface area contributed by atoms with Gasteiger partial charge in [-0.3, -0.25) is 14.4 Å². The summed E-state index contributed by atoms with van der Waals surface area (Å²) in [6.45, 7) is 8.14. The van der Waals surface area contributed by atoms with Crippen molar-refractivity contribution in [3.8, 4) is 0 Å². The number of aryl methyl sites for hydroxylation is 1. The second-order valence-corrected chi connectivity index (χ2v) is 15.7. The summed E-state index contributed by atoms with van der Waals surface area (Å²) < 4.78 is 56.6. The summed E-state index contributed by atoms with van der Waals surface area (Å²) in [7, 11) is 0. The number of H-pyrrole nitrogens is 1. The van der Waals surface area contributed by atoms with Crippen LogP contribution in [0.15, 0.2) is 60.0 Å². The third-order valence-corrected chi connectivity index (χ3v) is 11.9. The summed E-state index contributed by atoms with van der Waals surface area (Å²) in [5, 5.41) is 14.5. The molecular weight excluding hydrogens is 739 g/mol. The highest BCUT2D eigenvalue weighted by molar-refractivity contribution is 7.80. The zero-order valence-electron chi connectivity index (χ0n) is 30.8. The predicted octanol–water partition coefficient (Wildman–Crippen LogP) is 7.20. The molecule has 0 bridgehead atoms. The van der Waals surface area contributed by atoms with Gasteiger partial charge < -0.3 is 26.3 Å². The third-order valence-electron chi connectivity index (χ3n) is 10.6. The Balaban J connectivity index is 1.47. The number of fused-ring (bicyclic) bond motifs is 3. The Morgan fingerprint density at radius 3 is 2.35 bits per heavy atom. The van der Waals surface area contributed by atoms with Crippen molar-refractivity contribution >= 4 is 57.2 Å². The number of carbonyl (C=O) groups is 3. The average Bonchev–Trinajstić information content (AvgIpc) is 3.80. The van der Waals surface area contributed by atoms with Crippen molar-refractivity contribution < 1.29 is 31.9 Å². The number of nitrogens with one attached hydrogen (secondary N) is 5. The number of hydrogen-bond donors (Lipinski definition) is 5. The molecule has 0 aliphatic heterocycles. The predicted molar refractivity (Wildman–Crippen MR) is 208 cm³/mol. The number of halogens is 4. The molecule has 1 aliphatic carbocycles. The van der Waals surface area contributed by atoms with Crippen LogP contribution in [0.5, 0.6) is 0 Å². The van der Waals surface area contributed by atoms with Gasteiger partial charge in [0.15, 0.2) is 0 Å². The van der Waals surface area contributed by atoms with Gasteiger partial charge in [0.05, 0.1) is 28.5 Å². The van der Waals surface area contributed by atoms with Crippen LogP contribution in [0.1, 0.15) is 74.2 Å². The number of alkyl halides is 3. The van der Waals surface area contributed by atoms with E-state index in [-0.39, 0.29) is 48.6 Å². The van der Waals surface area contributed by atoms with Crippen molar-refractivity contribution in [1.82, 2.24) is 26.3 Å². The molecule has 0 radical (unpaired) electrons. The van der Waals surface area contributed by atoms with Gasteiger partial charge in [0.25, 0.3) is 0 Å². The number of aromatic amines is 1. The molecule has 4 aromatic rings. The molecule has 1 aliphatic rings. The van der Waals surface area contributed by atoms with Crippen molar-refractivity contribution in [3.63, 3.8) is 0 Å². The molecule has 14 heteroatoms. The van der Waals surface area contributed by atoms with Gasteiger partial charge in [0.1, 0.15) is 17.4 Å². The Morgan fingerprint density at radius 2 is 1.69 bits per heavy atom. The fourth-order valence-corrected chi connectivity index (χ4v) is 8.08. The monoisotopic (exact) mass is 785 g/mol. The summed E-state index contributed by atoms with van der Waals surface area (Å²) in [5.74, 6) is -2.77. The van der Waals surface area contributed by atoms with E-state index >= 15 is 0 Å². The van der Waals surface area contributed by atoms with Gasteiger partial charge in [0.2, 0.25) is 17.7 Å². The number of aromatic nitrogens is 1. The maximum Gasteiger partial charge on any atom is 0.418 e. The maximum absolute atomic E-state index is 14.8. The van der Waals surface area contributed by atoms with E-state index in [1.807, 2.05) is 38.3 Å². The van der Waals surface area contributed by atoms with E-state index in [0.29, 0.717) is 41.0 Å². The number of hydrogen-bond acceptors (Lipinski definition) is 5. The minimum Gasteiger partial charge on any atom is -0.378 e. The lowest BCUT2D eigenvalue weighted by Gasteiger charge is -2.40. The zero-order chi connectivity index (χ0) is 39.2. The standard InChI is InChI=1S/C40H47F4N5O3S2/c1-5-23(3)33(47-32(50)21-25-11-7-8-15-30(25)41)36(51)49-39(18-16-31-28(22-39)27-13-9-14-29(35(27)46-31)40(42,43)44)38(52)48-34(24(4)6-2)37(53)45-19-17-26-12-10-20-54-26/h7-15,20,23-24,33-34,46H,5-6,16-19,21-22H2,1-4H3,(H,45,53)(H,47,50)(H,48,52)(H,49,51)/t23?,24-,33-,34?,39+/m0/s1. The van der Waals surface area contributed by atoms with E-state index in [1.165, 1.54) is 29.1 Å². The lowest BCUT2D eigenvalue weighted by molar-refractivity contribution is -0.137. The number of carbonyl (C=O) groups excluding carboxylic acids is 3. The minimum absolute atomic E-state index is 0.0634. The molecular formula is C40H47F4N5O3S2. The van der Waals surface area contributed by atoms with Gasteiger partial charge in [-0.15, -0.1) is 11.3 Å². The van der Waals surface area contributed by atoms with Gasteiger partial charge in [-0.25, -0.2) is 4.39 Å². The molecule has 5 N–H and O–H groups in total. The number of thiophene rings is 1. The highest BCUT2D eigenvalue weighted by Gasteiger charge is 2.47. The first-order valence-electron chi connectivity index (χ1n) is 18.3. The molecule has 8 nitrogen and oxygen atoms in total. The lowest BCUT2D eigenvalue weighted by Crippen LogP contribution is -2.67. The largest absolute Gasteiger partial charge is 0.418 e. The van der Waals surface area contributed by atoms with Crippen LogP contribution in [0.3, 0.4) is 0 Å². The first kappa shape index (κ1) is 40.9. The number of benzene rings is 2. The van der Waals surface area contributed by atoms with Crippen molar-refractivity contribution in [2.24, 2.45) is 11.8 Å². The van der Waals surface area contributed by atoms with Crippen molar-refractivity contribution in [3.05, 3.63) is 93.1 Å². The van der Waals surface area contributed by atoms with Crippen LogP contribution in [-0.4, -0.2) is 51.9 Å². The normalized spacial score (nSPS) is 17.9. The molecule has 5 atom stereocenters. The Hall–Kier alpha value is -4.30. The quantitative estimate of drug-likeness (QED) is 0.0647. The van der Waals surface area contributed by atoms with E-state index in [0.717, 1.165) is 12.5 Å². The molecule has 2 heterocycles. The van der Waals surface area contributed by atoms with E-state index in [4.69, 9.17) is 12.2 Å². The van der Waals surface area contributed by atoms with Crippen molar-refractivity contribution in [2.45, 2.75) is 96.4 Å². The molecule has 54 heavy (non-hydrogen) atoms. The highest BCUT2D eigenvalue weighted by atomic mass is 32.1. The van der Waals surface area contributed by atoms with Gasteiger partial charge in [-0.2, -0.15) is 13.2 Å². The van der Waals surface area contributed by atoms with Crippen LogP contribution in [0.25, 0.3) is 10.9 Å². The van der Waals surface area contributed by atoms with Crippen LogP contribution in [0.2, 0.25) is 0 Å². The third kappa shape index (κ3) is 9.31. The van der Waals surface area contributed by atoms with Crippen LogP contribution >= 0.6 is 23.6 Å². The molecule has 0 saturated carbocycles. The van der Waals surface area contributed by atoms with Crippen LogP contribution < -0.4 is 21.3 Å². The summed E-state index contributed by atoms with van der Waals surface area (Å²) in [6, 6.07) is 12.1. The summed E-state index contributed by atoms with van der Waals surface area (Å²) in [4.78, 5) is 47.0. The van der Waals surface area contributed by atoms with Crippen LogP contribution in [0, 0.1) is 17.7 Å². The van der Waals surface area contributed by atoms with E-state index in [1.54, 1.807) is 30.4 Å². The SMILES string of the molecule is CCC(C)[C@H](NC(=O)Cc1ccccc1F)C(=O)N[C@]1(C(=O)NC(C(=S)NCCc2cccs2)[C@@H](C)CC)CCc2[nH]c3c(C(F)(F)F)cccc3c2C1. The van der Waals surface area contributed by atoms with Crippen molar-refractivity contribution in [2.75, 3.05) is 6.54 Å². The van der Waals surface area contributed by atoms with Crippen LogP contribution in [0.4, 0.5) is 17.6 Å². The van der Waals surface area contributed by atoms with Gasteiger partial charge in [-0.1, -0.05) is 89.2 Å². The van der Waals surface area contributed by atoms with Crippen LogP contribution in [-0.2, 0) is 46.2 Å². The van der Waals surface area contributed by atoms with Gasteiger partial charge in [0, 0.05) is 28.9 Å². The first-order valence-corrected chi connectivity index (χ1v) is 19.6. The second kappa shape index (κ2) is 17.4. The number of para-hydroxylation sites is 1. The Bertz CT molecular complexity index is 1960. The molecule has 0 fully saturated rings. The second-order valence-electron chi connectivity index (χ2n) is 14.2. The zero-order valence-corrected chi connectivity index (χ0v) is 32.4. The molecule has 0 saturated heterocycles. The van der Waals surface area contributed by atoms with E-state index in [2.05, 4.69) is 26.3 Å². The molecule has 3 amide bonds. The van der Waals surface area contributed by atoms with Gasteiger partial charge in [-0.05, 0) is 65.8 Å². The maximum atomic E-state index is 14.8. The Morgan fingerprint density at radius 1 is 0.963 bits per heavy atom. The lowest BCUT2D eigenvalue weighted by atomic mass is 9.78. The molecule has 290 valence electrons. The Kier molecular flexibility index (Phi) is 13.2. The summed E-state index contributed by atoms with van der Waals surface area (Å²) in [6.07, 6.45) is -2.89. The van der Waals surface area contributed by atoms with Gasteiger partial charge >= 0.3 is 6.18 Å². The first-order chi connectivity index (χ1) is 25.7. The van der Waals surface area contributed by atoms with Crippen molar-refractivity contribution in [1.29, 1.82) is 0 Å². The minimum atomic E-state index is -4.62. The smallest absolute Gasteiger partial charge is 0.378 e. The number of thiocarbonyl (C=S) groups is 1. The highest BCUT2D eigenvalue weighted by Crippen LogP contribution is 2.40. The summed E-state index contributed by atoms with van der Waals surface area (Å²) >= 11 is 7.46. The Labute approximate surface area is 322 Å². The molecule has 0 spiro atoms. The topological polar surface area (TPSA) is 115 Å².